The minimum absolute atomic E-state index is 0.115. The number of carbonyl (C=O) groups excluding carboxylic acids is 1. The van der Waals surface area contributed by atoms with Crippen molar-refractivity contribution in [2.75, 3.05) is 5.43 Å². The lowest BCUT2D eigenvalue weighted by molar-refractivity contribution is 0.101. The van der Waals surface area contributed by atoms with Crippen molar-refractivity contribution in [2.45, 2.75) is 6.92 Å². The van der Waals surface area contributed by atoms with E-state index in [0.717, 1.165) is 15.9 Å². The number of fused-ring (bicyclic) bond motifs is 1. The Balaban J connectivity index is 1.90. The van der Waals surface area contributed by atoms with Crippen molar-refractivity contribution in [3.8, 4) is 0 Å². The summed E-state index contributed by atoms with van der Waals surface area (Å²) in [7, 11) is 0. The third-order valence-electron chi connectivity index (χ3n) is 2.64. The number of carbonyl (C=O) groups is 1. The Kier molecular flexibility index (Phi) is 2.60. The first kappa shape index (κ1) is 11.0. The fourth-order valence-corrected chi connectivity index (χ4v) is 2.53. The maximum atomic E-state index is 12.0. The van der Waals surface area contributed by atoms with E-state index in [9.17, 15) is 4.79 Å². The van der Waals surface area contributed by atoms with E-state index in [0.29, 0.717) is 4.88 Å². The van der Waals surface area contributed by atoms with Crippen LogP contribution in [-0.4, -0.2) is 15.6 Å². The number of aryl methyl sites for hydroxylation is 1. The van der Waals surface area contributed by atoms with Gasteiger partial charge < -0.3 is 0 Å². The number of aromatic nitrogens is 2. The molecular formula is C13H11N3OS. The molecule has 1 N–H and O–H groups in total. The molecule has 0 atom stereocenters. The predicted octanol–water partition coefficient (Wildman–Crippen LogP) is 2.79. The van der Waals surface area contributed by atoms with E-state index in [1.54, 1.807) is 11.0 Å². The molecule has 1 amide bonds. The number of rotatable bonds is 2. The summed E-state index contributed by atoms with van der Waals surface area (Å²) in [5, 5.41) is 0. The highest BCUT2D eigenvalue weighted by Gasteiger charge is 2.09. The van der Waals surface area contributed by atoms with Crippen molar-refractivity contribution in [3.63, 3.8) is 0 Å². The smallest absolute Gasteiger partial charge is 0.266 e. The van der Waals surface area contributed by atoms with Crippen LogP contribution in [0.3, 0.4) is 0 Å². The van der Waals surface area contributed by atoms with Gasteiger partial charge in [-0.25, -0.2) is 9.66 Å². The van der Waals surface area contributed by atoms with Crippen LogP contribution < -0.4 is 5.43 Å². The number of nitrogens with one attached hydrogen (secondary N) is 1. The molecule has 5 heteroatoms. The van der Waals surface area contributed by atoms with E-state index >= 15 is 0 Å². The lowest BCUT2D eigenvalue weighted by atomic mass is 10.3. The van der Waals surface area contributed by atoms with Crippen LogP contribution in [0.15, 0.2) is 42.7 Å². The molecule has 0 spiro atoms. The Morgan fingerprint density at radius 3 is 2.89 bits per heavy atom. The molecule has 0 bridgehead atoms. The Morgan fingerprint density at radius 1 is 1.28 bits per heavy atom. The van der Waals surface area contributed by atoms with Crippen molar-refractivity contribution in [3.05, 3.63) is 52.5 Å². The molecule has 2 heterocycles. The zero-order chi connectivity index (χ0) is 12.5. The number of benzene rings is 1. The van der Waals surface area contributed by atoms with Gasteiger partial charge in [0.15, 0.2) is 0 Å². The summed E-state index contributed by atoms with van der Waals surface area (Å²) in [5.41, 5.74) is 4.57. The monoisotopic (exact) mass is 257 g/mol. The molecule has 3 aromatic rings. The summed E-state index contributed by atoms with van der Waals surface area (Å²) in [6, 6.07) is 11.4. The third-order valence-corrected chi connectivity index (χ3v) is 3.64. The highest BCUT2D eigenvalue weighted by atomic mass is 32.1. The molecule has 0 radical (unpaired) electrons. The summed E-state index contributed by atoms with van der Waals surface area (Å²) in [5.74, 6) is -0.115. The van der Waals surface area contributed by atoms with Crippen LogP contribution in [0.2, 0.25) is 0 Å². The van der Waals surface area contributed by atoms with Gasteiger partial charge in [-0.3, -0.25) is 10.2 Å². The van der Waals surface area contributed by atoms with Crippen LogP contribution in [-0.2, 0) is 0 Å². The molecule has 0 saturated carbocycles. The molecule has 0 aliphatic carbocycles. The standard InChI is InChI=1S/C13H11N3OS/c1-9-6-7-12(18-9)13(17)15-16-8-14-10-4-2-3-5-11(10)16/h2-8H,1H3,(H,15,17). The number of nitrogens with zero attached hydrogens (tertiary/aromatic N) is 2. The lowest BCUT2D eigenvalue weighted by Crippen LogP contribution is -2.21. The van der Waals surface area contributed by atoms with Gasteiger partial charge in [0.05, 0.1) is 15.9 Å². The Morgan fingerprint density at radius 2 is 2.11 bits per heavy atom. The Labute approximate surface area is 108 Å². The highest BCUT2D eigenvalue weighted by Crippen LogP contribution is 2.16. The van der Waals surface area contributed by atoms with Gasteiger partial charge in [0.2, 0.25) is 0 Å². The van der Waals surface area contributed by atoms with E-state index in [1.807, 2.05) is 43.3 Å². The predicted molar refractivity (Wildman–Crippen MR) is 72.5 cm³/mol. The van der Waals surface area contributed by atoms with Crippen molar-refractivity contribution in [2.24, 2.45) is 0 Å². The average molecular weight is 257 g/mol. The number of imidazole rings is 1. The summed E-state index contributed by atoms with van der Waals surface area (Å²) >= 11 is 1.48. The molecule has 3 rings (SSSR count). The molecule has 4 nitrogen and oxygen atoms in total. The summed E-state index contributed by atoms with van der Waals surface area (Å²) in [6.07, 6.45) is 1.61. The molecule has 18 heavy (non-hydrogen) atoms. The fraction of sp³-hybridized carbons (Fsp3) is 0.0769. The van der Waals surface area contributed by atoms with Crippen LogP contribution in [0.25, 0.3) is 11.0 Å². The summed E-state index contributed by atoms with van der Waals surface area (Å²) in [6.45, 7) is 1.98. The number of amides is 1. The molecule has 1 aromatic carbocycles. The van der Waals surface area contributed by atoms with Gasteiger partial charge in [-0.1, -0.05) is 12.1 Å². The van der Waals surface area contributed by atoms with E-state index in [4.69, 9.17) is 0 Å². The lowest BCUT2D eigenvalue weighted by Gasteiger charge is -2.05. The highest BCUT2D eigenvalue weighted by molar-refractivity contribution is 7.14. The number of para-hydroxylation sites is 2. The molecule has 0 aliphatic heterocycles. The Bertz CT molecular complexity index is 714. The van der Waals surface area contributed by atoms with Gasteiger partial charge in [0.25, 0.3) is 5.91 Å². The quantitative estimate of drug-likeness (QED) is 0.767. The van der Waals surface area contributed by atoms with E-state index in [1.165, 1.54) is 11.3 Å². The topological polar surface area (TPSA) is 46.9 Å². The number of hydrogen-bond donors (Lipinski definition) is 1. The molecule has 0 saturated heterocycles. The average Bonchev–Trinajstić information content (AvgIpc) is 2.97. The zero-order valence-electron chi connectivity index (χ0n) is 9.75. The van der Waals surface area contributed by atoms with E-state index < -0.39 is 0 Å². The van der Waals surface area contributed by atoms with Gasteiger partial charge in [-0.05, 0) is 31.2 Å². The van der Waals surface area contributed by atoms with Crippen molar-refractivity contribution in [1.82, 2.24) is 9.66 Å². The van der Waals surface area contributed by atoms with Crippen LogP contribution in [0, 0.1) is 6.92 Å². The zero-order valence-corrected chi connectivity index (χ0v) is 10.6. The maximum Gasteiger partial charge on any atom is 0.280 e. The van der Waals surface area contributed by atoms with Crippen molar-refractivity contribution >= 4 is 28.3 Å². The molecule has 0 unspecified atom stereocenters. The fourth-order valence-electron chi connectivity index (χ4n) is 1.77. The molecule has 2 aromatic heterocycles. The van der Waals surface area contributed by atoms with Gasteiger partial charge in [-0.2, -0.15) is 0 Å². The number of hydrogen-bond acceptors (Lipinski definition) is 3. The van der Waals surface area contributed by atoms with Gasteiger partial charge in [-0.15, -0.1) is 11.3 Å². The van der Waals surface area contributed by atoms with Crippen molar-refractivity contribution in [1.29, 1.82) is 0 Å². The molecule has 0 fully saturated rings. The van der Waals surface area contributed by atoms with Crippen LogP contribution in [0.4, 0.5) is 0 Å². The first-order chi connectivity index (χ1) is 8.74. The molecule has 0 aliphatic rings. The van der Waals surface area contributed by atoms with Gasteiger partial charge in [0.1, 0.15) is 6.33 Å². The first-order valence-corrected chi connectivity index (χ1v) is 6.35. The van der Waals surface area contributed by atoms with Gasteiger partial charge >= 0.3 is 0 Å². The van der Waals surface area contributed by atoms with Gasteiger partial charge in [0, 0.05) is 4.88 Å². The van der Waals surface area contributed by atoms with E-state index in [2.05, 4.69) is 10.4 Å². The first-order valence-electron chi connectivity index (χ1n) is 5.54. The Hall–Kier alpha value is -2.14. The van der Waals surface area contributed by atoms with Crippen LogP contribution in [0.5, 0.6) is 0 Å². The second kappa shape index (κ2) is 4.27. The largest absolute Gasteiger partial charge is 0.280 e. The summed E-state index contributed by atoms with van der Waals surface area (Å²) in [4.78, 5) is 18.1. The third kappa shape index (κ3) is 1.89. The second-order valence-corrected chi connectivity index (χ2v) is 5.24. The molecular weight excluding hydrogens is 246 g/mol. The SMILES string of the molecule is Cc1ccc(C(=O)Nn2cnc3ccccc32)s1. The second-order valence-electron chi connectivity index (χ2n) is 3.95. The van der Waals surface area contributed by atoms with E-state index in [-0.39, 0.29) is 5.91 Å². The molecule has 90 valence electrons. The normalized spacial score (nSPS) is 10.7. The summed E-state index contributed by atoms with van der Waals surface area (Å²) < 4.78 is 1.65. The maximum absolute atomic E-state index is 12.0. The van der Waals surface area contributed by atoms with Crippen LogP contribution >= 0.6 is 11.3 Å². The van der Waals surface area contributed by atoms with Crippen LogP contribution in [0.1, 0.15) is 14.5 Å². The minimum atomic E-state index is -0.115. The number of thiophene rings is 1. The van der Waals surface area contributed by atoms with Crippen molar-refractivity contribution < 1.29 is 4.79 Å². The minimum Gasteiger partial charge on any atom is -0.266 e.